The van der Waals surface area contributed by atoms with Gasteiger partial charge in [0.25, 0.3) is 0 Å². The zero-order valence-corrected chi connectivity index (χ0v) is 13.4. The van der Waals surface area contributed by atoms with Gasteiger partial charge in [0.15, 0.2) is 0 Å². The summed E-state index contributed by atoms with van der Waals surface area (Å²) in [6.07, 6.45) is 0. The Morgan fingerprint density at radius 3 is 2.75 bits per heavy atom. The number of aromatic nitrogens is 2. The van der Waals surface area contributed by atoms with Crippen LogP contribution >= 0.6 is 22.9 Å². The third kappa shape index (κ3) is 2.26. The topological polar surface area (TPSA) is 51.8 Å². The van der Waals surface area contributed by atoms with Crippen molar-refractivity contribution in [2.75, 3.05) is 0 Å². The van der Waals surface area contributed by atoms with Crippen molar-refractivity contribution in [3.05, 3.63) is 45.8 Å². The van der Waals surface area contributed by atoms with E-state index in [9.17, 15) is 0 Å². The number of benzene rings is 1. The highest BCUT2D eigenvalue weighted by Gasteiger charge is 2.27. The summed E-state index contributed by atoms with van der Waals surface area (Å²) in [5, 5.41) is 7.65. The SMILES string of the molecule is CC(C)(C)c1nnsc1C(N)c1cccc2ccsc12. The summed E-state index contributed by atoms with van der Waals surface area (Å²) in [5.41, 5.74) is 8.65. The van der Waals surface area contributed by atoms with Crippen molar-refractivity contribution in [1.29, 1.82) is 0 Å². The Labute approximate surface area is 126 Å². The second-order valence-electron chi connectivity index (χ2n) is 5.90. The fourth-order valence-electron chi connectivity index (χ4n) is 2.32. The minimum absolute atomic E-state index is 0.0384. The molecule has 0 radical (unpaired) electrons. The number of rotatable bonds is 2. The predicted molar refractivity (Wildman–Crippen MR) is 86.5 cm³/mol. The number of nitrogens with zero attached hydrogens (tertiary/aromatic N) is 2. The zero-order valence-electron chi connectivity index (χ0n) is 11.8. The van der Waals surface area contributed by atoms with Crippen LogP contribution in [0.2, 0.25) is 0 Å². The average Bonchev–Trinajstić information content (AvgIpc) is 3.05. The van der Waals surface area contributed by atoms with Gasteiger partial charge >= 0.3 is 0 Å². The summed E-state index contributed by atoms with van der Waals surface area (Å²) in [5.74, 6) is 0. The van der Waals surface area contributed by atoms with Crippen LogP contribution in [0.3, 0.4) is 0 Å². The van der Waals surface area contributed by atoms with Crippen molar-refractivity contribution < 1.29 is 0 Å². The Morgan fingerprint density at radius 2 is 2.00 bits per heavy atom. The highest BCUT2D eigenvalue weighted by molar-refractivity contribution is 7.17. The molecule has 3 rings (SSSR count). The van der Waals surface area contributed by atoms with E-state index in [1.54, 1.807) is 11.3 Å². The first-order valence-corrected chi connectivity index (χ1v) is 8.18. The molecule has 5 heteroatoms. The summed E-state index contributed by atoms with van der Waals surface area (Å²) < 4.78 is 5.38. The van der Waals surface area contributed by atoms with Gasteiger partial charge in [0, 0.05) is 10.1 Å². The van der Waals surface area contributed by atoms with Gasteiger partial charge < -0.3 is 5.73 Å². The van der Waals surface area contributed by atoms with E-state index in [4.69, 9.17) is 5.73 Å². The van der Waals surface area contributed by atoms with Gasteiger partial charge in [0.05, 0.1) is 16.6 Å². The zero-order chi connectivity index (χ0) is 14.3. The molecule has 0 aliphatic rings. The van der Waals surface area contributed by atoms with Gasteiger partial charge in [-0.3, -0.25) is 0 Å². The summed E-state index contributed by atoms with van der Waals surface area (Å²) in [6, 6.07) is 8.26. The van der Waals surface area contributed by atoms with Crippen molar-refractivity contribution >= 4 is 33.0 Å². The highest BCUT2D eigenvalue weighted by atomic mass is 32.1. The molecule has 1 unspecified atom stereocenters. The Bertz CT molecular complexity index is 737. The van der Waals surface area contributed by atoms with Crippen LogP contribution in [0.1, 0.15) is 42.9 Å². The van der Waals surface area contributed by atoms with Crippen molar-refractivity contribution in [1.82, 2.24) is 9.59 Å². The first kappa shape index (κ1) is 13.7. The molecule has 0 saturated carbocycles. The van der Waals surface area contributed by atoms with E-state index in [2.05, 4.69) is 60.0 Å². The minimum Gasteiger partial charge on any atom is -0.319 e. The lowest BCUT2D eigenvalue weighted by atomic mass is 9.89. The fourth-order valence-corrected chi connectivity index (χ4v) is 4.16. The second-order valence-corrected chi connectivity index (χ2v) is 7.60. The molecular formula is C15H17N3S2. The lowest BCUT2D eigenvalue weighted by Crippen LogP contribution is -2.19. The number of hydrogen-bond donors (Lipinski definition) is 1. The van der Waals surface area contributed by atoms with Crippen LogP contribution in [0.4, 0.5) is 0 Å². The average molecular weight is 303 g/mol. The highest BCUT2D eigenvalue weighted by Crippen LogP contribution is 2.36. The molecule has 1 atom stereocenters. The van der Waals surface area contributed by atoms with E-state index < -0.39 is 0 Å². The standard InChI is InChI=1S/C15H17N3S2/c1-15(2,3)14-13(20-18-17-14)11(16)10-6-4-5-9-7-8-19-12(9)10/h4-8,11H,16H2,1-3H3. The van der Waals surface area contributed by atoms with Gasteiger partial charge in [-0.1, -0.05) is 43.5 Å². The van der Waals surface area contributed by atoms with Crippen molar-refractivity contribution in [2.45, 2.75) is 32.2 Å². The molecule has 3 nitrogen and oxygen atoms in total. The molecule has 2 aromatic heterocycles. The maximum Gasteiger partial charge on any atom is 0.0860 e. The molecule has 3 aromatic rings. The lowest BCUT2D eigenvalue weighted by molar-refractivity contribution is 0.557. The van der Waals surface area contributed by atoms with Gasteiger partial charge in [0.1, 0.15) is 0 Å². The molecule has 0 saturated heterocycles. The maximum absolute atomic E-state index is 6.52. The van der Waals surface area contributed by atoms with E-state index in [0.717, 1.165) is 16.1 Å². The van der Waals surface area contributed by atoms with Gasteiger partial charge in [-0.2, -0.15) is 0 Å². The Hall–Kier alpha value is -1.30. The van der Waals surface area contributed by atoms with Gasteiger partial charge in [-0.05, 0) is 33.9 Å². The van der Waals surface area contributed by atoms with Crippen LogP contribution in [0.5, 0.6) is 0 Å². The molecule has 104 valence electrons. The Balaban J connectivity index is 2.12. The molecule has 1 aromatic carbocycles. The Morgan fingerprint density at radius 1 is 1.20 bits per heavy atom. The molecule has 0 spiro atoms. The van der Waals surface area contributed by atoms with Crippen LogP contribution in [-0.4, -0.2) is 9.59 Å². The van der Waals surface area contributed by atoms with Gasteiger partial charge in [-0.15, -0.1) is 16.4 Å². The smallest absolute Gasteiger partial charge is 0.0860 e. The third-order valence-electron chi connectivity index (χ3n) is 3.35. The molecule has 0 aliphatic carbocycles. The third-order valence-corrected chi connectivity index (χ3v) is 5.14. The van der Waals surface area contributed by atoms with Crippen molar-refractivity contribution in [3.63, 3.8) is 0 Å². The van der Waals surface area contributed by atoms with E-state index in [-0.39, 0.29) is 11.5 Å². The quantitative estimate of drug-likeness (QED) is 0.775. The molecule has 20 heavy (non-hydrogen) atoms. The maximum atomic E-state index is 6.52. The van der Waals surface area contributed by atoms with E-state index in [1.807, 2.05) is 0 Å². The molecule has 0 fully saturated rings. The fraction of sp³-hybridized carbons (Fsp3) is 0.333. The van der Waals surface area contributed by atoms with Crippen LogP contribution in [0.15, 0.2) is 29.6 Å². The van der Waals surface area contributed by atoms with E-state index >= 15 is 0 Å². The number of thiophene rings is 1. The summed E-state index contributed by atoms with van der Waals surface area (Å²) >= 11 is 3.15. The summed E-state index contributed by atoms with van der Waals surface area (Å²) in [7, 11) is 0. The van der Waals surface area contributed by atoms with Gasteiger partial charge in [-0.25, -0.2) is 0 Å². The normalized spacial score (nSPS) is 13.8. The Kier molecular flexibility index (Phi) is 3.36. The molecule has 0 aliphatic heterocycles. The first-order valence-electron chi connectivity index (χ1n) is 6.53. The predicted octanol–water partition coefficient (Wildman–Crippen LogP) is 4.10. The van der Waals surface area contributed by atoms with Crippen molar-refractivity contribution in [3.8, 4) is 0 Å². The van der Waals surface area contributed by atoms with Crippen LogP contribution in [0.25, 0.3) is 10.1 Å². The van der Waals surface area contributed by atoms with Gasteiger partial charge in [0.2, 0.25) is 0 Å². The lowest BCUT2D eigenvalue weighted by Gasteiger charge is -2.20. The number of hydrogen-bond acceptors (Lipinski definition) is 5. The van der Waals surface area contributed by atoms with Crippen LogP contribution < -0.4 is 5.73 Å². The molecule has 2 N–H and O–H groups in total. The minimum atomic E-state index is -0.161. The molecule has 0 amide bonds. The molecule has 2 heterocycles. The van der Waals surface area contributed by atoms with Crippen molar-refractivity contribution in [2.24, 2.45) is 5.73 Å². The van der Waals surface area contributed by atoms with E-state index in [0.29, 0.717) is 0 Å². The molecular weight excluding hydrogens is 286 g/mol. The largest absolute Gasteiger partial charge is 0.319 e. The number of fused-ring (bicyclic) bond motifs is 1. The van der Waals surface area contributed by atoms with Crippen LogP contribution in [0, 0.1) is 0 Å². The number of nitrogens with two attached hydrogens (primary N) is 1. The second kappa shape index (κ2) is 4.91. The summed E-state index contributed by atoms with van der Waals surface area (Å²) in [6.45, 7) is 6.43. The monoisotopic (exact) mass is 303 g/mol. The van der Waals surface area contributed by atoms with Crippen LogP contribution in [-0.2, 0) is 5.41 Å². The summed E-state index contributed by atoms with van der Waals surface area (Å²) in [4.78, 5) is 1.07. The first-order chi connectivity index (χ1) is 9.48. The molecule has 0 bridgehead atoms. The van der Waals surface area contributed by atoms with E-state index in [1.165, 1.54) is 21.6 Å².